The van der Waals surface area contributed by atoms with E-state index >= 15 is 0 Å². The first-order valence-corrected chi connectivity index (χ1v) is 7.57. The second kappa shape index (κ2) is 5.06. The van der Waals surface area contributed by atoms with Gasteiger partial charge in [-0.15, -0.1) is 0 Å². The van der Waals surface area contributed by atoms with Crippen LogP contribution in [0.1, 0.15) is 6.92 Å². The minimum atomic E-state index is -3.08. The normalized spacial score (nSPS) is 17.1. The summed E-state index contributed by atoms with van der Waals surface area (Å²) < 4.78 is 23.3. The largest absolute Gasteiger partial charge is 0.369 e. The summed E-state index contributed by atoms with van der Waals surface area (Å²) >= 11 is 0. The SMILES string of the molecule is CCS(=O)(=O)c1ccc(N2CCNCC2)cc1. The second-order valence-electron chi connectivity index (χ2n) is 4.13. The van der Waals surface area contributed by atoms with Crippen LogP contribution in [0.25, 0.3) is 0 Å². The number of hydrogen-bond donors (Lipinski definition) is 1. The summed E-state index contributed by atoms with van der Waals surface area (Å²) in [7, 11) is -3.08. The summed E-state index contributed by atoms with van der Waals surface area (Å²) in [6.45, 7) is 5.57. The molecular formula is C12H18N2O2S. The number of hydrogen-bond acceptors (Lipinski definition) is 4. The summed E-state index contributed by atoms with van der Waals surface area (Å²) in [5, 5.41) is 3.29. The van der Waals surface area contributed by atoms with E-state index in [-0.39, 0.29) is 5.75 Å². The molecule has 0 unspecified atom stereocenters. The van der Waals surface area contributed by atoms with E-state index in [9.17, 15) is 8.42 Å². The Morgan fingerprint density at radius 1 is 1.18 bits per heavy atom. The van der Waals surface area contributed by atoms with Crippen molar-refractivity contribution >= 4 is 15.5 Å². The van der Waals surface area contributed by atoms with Crippen molar-refractivity contribution in [3.05, 3.63) is 24.3 Å². The molecule has 2 rings (SSSR count). The number of benzene rings is 1. The van der Waals surface area contributed by atoms with Crippen molar-refractivity contribution in [3.63, 3.8) is 0 Å². The number of nitrogens with zero attached hydrogens (tertiary/aromatic N) is 1. The fourth-order valence-corrected chi connectivity index (χ4v) is 2.84. The zero-order valence-electron chi connectivity index (χ0n) is 10.0. The lowest BCUT2D eigenvalue weighted by Crippen LogP contribution is -2.43. The molecule has 4 nitrogen and oxygen atoms in total. The first-order chi connectivity index (χ1) is 8.13. The molecule has 0 saturated carbocycles. The van der Waals surface area contributed by atoms with Crippen molar-refractivity contribution < 1.29 is 8.42 Å². The maximum Gasteiger partial charge on any atom is 0.178 e. The van der Waals surface area contributed by atoms with Crippen molar-refractivity contribution in [2.45, 2.75) is 11.8 Å². The summed E-state index contributed by atoms with van der Waals surface area (Å²) in [6, 6.07) is 7.20. The van der Waals surface area contributed by atoms with Crippen LogP contribution in [0, 0.1) is 0 Å². The predicted octanol–water partition coefficient (Wildman–Crippen LogP) is 0.890. The molecule has 1 fully saturated rings. The van der Waals surface area contributed by atoms with E-state index in [1.807, 2.05) is 12.1 Å². The van der Waals surface area contributed by atoms with E-state index in [1.54, 1.807) is 19.1 Å². The van der Waals surface area contributed by atoms with Crippen LogP contribution in [0.15, 0.2) is 29.2 Å². The van der Waals surface area contributed by atoms with Crippen molar-refractivity contribution in [3.8, 4) is 0 Å². The molecule has 0 spiro atoms. The first-order valence-electron chi connectivity index (χ1n) is 5.92. The fraction of sp³-hybridized carbons (Fsp3) is 0.500. The quantitative estimate of drug-likeness (QED) is 0.870. The molecule has 0 amide bonds. The summed E-state index contributed by atoms with van der Waals surface area (Å²) in [5.41, 5.74) is 1.10. The Balaban J connectivity index is 2.18. The number of piperazine rings is 1. The maximum absolute atomic E-state index is 11.7. The Morgan fingerprint density at radius 2 is 1.76 bits per heavy atom. The molecule has 1 aromatic rings. The number of sulfone groups is 1. The lowest BCUT2D eigenvalue weighted by Gasteiger charge is -2.29. The van der Waals surface area contributed by atoms with Gasteiger partial charge in [0.05, 0.1) is 10.6 Å². The lowest BCUT2D eigenvalue weighted by atomic mass is 10.2. The van der Waals surface area contributed by atoms with Crippen LogP contribution in [-0.4, -0.2) is 40.3 Å². The van der Waals surface area contributed by atoms with Crippen LogP contribution in [0.4, 0.5) is 5.69 Å². The number of anilines is 1. The van der Waals surface area contributed by atoms with Crippen molar-refractivity contribution in [1.29, 1.82) is 0 Å². The smallest absolute Gasteiger partial charge is 0.178 e. The van der Waals surface area contributed by atoms with Gasteiger partial charge < -0.3 is 10.2 Å². The first kappa shape index (κ1) is 12.4. The Bertz CT molecular complexity index is 462. The molecule has 1 aliphatic heterocycles. The average Bonchev–Trinajstić information content (AvgIpc) is 2.40. The molecule has 1 heterocycles. The third kappa shape index (κ3) is 2.79. The number of rotatable bonds is 3. The molecule has 0 aromatic heterocycles. The van der Waals surface area contributed by atoms with Gasteiger partial charge in [0.25, 0.3) is 0 Å². The molecule has 0 aliphatic carbocycles. The van der Waals surface area contributed by atoms with Gasteiger partial charge in [0.2, 0.25) is 0 Å². The van der Waals surface area contributed by atoms with Gasteiger partial charge in [-0.25, -0.2) is 8.42 Å². The Kier molecular flexibility index (Phi) is 3.69. The molecular weight excluding hydrogens is 236 g/mol. The van der Waals surface area contributed by atoms with Gasteiger partial charge in [0.15, 0.2) is 9.84 Å². The molecule has 5 heteroatoms. The third-order valence-corrected chi connectivity index (χ3v) is 4.81. The zero-order valence-corrected chi connectivity index (χ0v) is 10.8. The van der Waals surface area contributed by atoms with E-state index in [0.717, 1.165) is 31.9 Å². The van der Waals surface area contributed by atoms with E-state index in [4.69, 9.17) is 0 Å². The van der Waals surface area contributed by atoms with Gasteiger partial charge in [0, 0.05) is 31.9 Å². The highest BCUT2D eigenvalue weighted by molar-refractivity contribution is 7.91. The summed E-state index contributed by atoms with van der Waals surface area (Å²) in [4.78, 5) is 2.68. The third-order valence-electron chi connectivity index (χ3n) is 3.06. The Hall–Kier alpha value is -1.07. The van der Waals surface area contributed by atoms with E-state index in [1.165, 1.54) is 0 Å². The van der Waals surface area contributed by atoms with E-state index in [0.29, 0.717) is 4.90 Å². The molecule has 1 N–H and O–H groups in total. The lowest BCUT2D eigenvalue weighted by molar-refractivity contribution is 0.588. The molecule has 1 saturated heterocycles. The van der Waals surface area contributed by atoms with Crippen molar-refractivity contribution in [2.75, 3.05) is 36.8 Å². The minimum Gasteiger partial charge on any atom is -0.369 e. The highest BCUT2D eigenvalue weighted by Crippen LogP contribution is 2.19. The van der Waals surface area contributed by atoms with Crippen LogP contribution >= 0.6 is 0 Å². The van der Waals surface area contributed by atoms with Gasteiger partial charge >= 0.3 is 0 Å². The summed E-state index contributed by atoms with van der Waals surface area (Å²) in [5.74, 6) is 0.153. The Morgan fingerprint density at radius 3 is 2.29 bits per heavy atom. The van der Waals surface area contributed by atoms with Crippen LogP contribution in [0.5, 0.6) is 0 Å². The van der Waals surface area contributed by atoms with Crippen molar-refractivity contribution in [1.82, 2.24) is 5.32 Å². The fourth-order valence-electron chi connectivity index (χ4n) is 1.95. The van der Waals surface area contributed by atoms with Gasteiger partial charge in [-0.1, -0.05) is 6.92 Å². The van der Waals surface area contributed by atoms with Crippen LogP contribution in [0.2, 0.25) is 0 Å². The Labute approximate surface area is 103 Å². The van der Waals surface area contributed by atoms with E-state index in [2.05, 4.69) is 10.2 Å². The highest BCUT2D eigenvalue weighted by Gasteiger charge is 2.13. The topological polar surface area (TPSA) is 49.4 Å². The molecule has 94 valence electrons. The van der Waals surface area contributed by atoms with E-state index < -0.39 is 9.84 Å². The van der Waals surface area contributed by atoms with Crippen LogP contribution in [-0.2, 0) is 9.84 Å². The molecule has 0 radical (unpaired) electrons. The monoisotopic (exact) mass is 254 g/mol. The predicted molar refractivity (Wildman–Crippen MR) is 69.3 cm³/mol. The molecule has 0 atom stereocenters. The van der Waals surface area contributed by atoms with Gasteiger partial charge in [0.1, 0.15) is 0 Å². The van der Waals surface area contributed by atoms with Crippen LogP contribution < -0.4 is 10.2 Å². The maximum atomic E-state index is 11.7. The molecule has 0 bridgehead atoms. The molecule has 1 aliphatic rings. The summed E-state index contributed by atoms with van der Waals surface area (Å²) in [6.07, 6.45) is 0. The molecule has 17 heavy (non-hydrogen) atoms. The minimum absolute atomic E-state index is 0.153. The number of nitrogens with one attached hydrogen (secondary N) is 1. The highest BCUT2D eigenvalue weighted by atomic mass is 32.2. The average molecular weight is 254 g/mol. The molecule has 1 aromatic carbocycles. The van der Waals surface area contributed by atoms with Crippen LogP contribution in [0.3, 0.4) is 0 Å². The van der Waals surface area contributed by atoms with Gasteiger partial charge in [-0.3, -0.25) is 0 Å². The zero-order chi connectivity index (χ0) is 12.3. The van der Waals surface area contributed by atoms with Gasteiger partial charge in [-0.05, 0) is 24.3 Å². The second-order valence-corrected chi connectivity index (χ2v) is 6.41. The van der Waals surface area contributed by atoms with Gasteiger partial charge in [-0.2, -0.15) is 0 Å². The standard InChI is InChI=1S/C12H18N2O2S/c1-2-17(15,16)12-5-3-11(4-6-12)14-9-7-13-8-10-14/h3-6,13H,2,7-10H2,1H3. The van der Waals surface area contributed by atoms with Crippen molar-refractivity contribution in [2.24, 2.45) is 0 Å².